The minimum Gasteiger partial charge on any atom is -0.484 e. The number of hydrogen-bond acceptors (Lipinski definition) is 4. The zero-order valence-corrected chi connectivity index (χ0v) is 10.7. The van der Waals surface area contributed by atoms with Crippen molar-refractivity contribution >= 4 is 0 Å². The van der Waals surface area contributed by atoms with Gasteiger partial charge >= 0.3 is 0 Å². The molecule has 19 heavy (non-hydrogen) atoms. The summed E-state index contributed by atoms with van der Waals surface area (Å²) in [5.74, 6) is 0.637. The van der Waals surface area contributed by atoms with Gasteiger partial charge in [0.15, 0.2) is 0 Å². The molecule has 96 valence electrons. The molecule has 2 atom stereocenters. The molecule has 1 aromatic heterocycles. The first-order chi connectivity index (χ1) is 9.20. The number of nitrogens with two attached hydrogens (primary N) is 1. The Bertz CT molecular complexity index is 575. The molecule has 4 heteroatoms. The van der Waals surface area contributed by atoms with E-state index in [1.54, 1.807) is 30.6 Å². The molecule has 0 spiro atoms. The molecule has 0 fully saturated rings. The van der Waals surface area contributed by atoms with E-state index in [1.165, 1.54) is 0 Å². The van der Waals surface area contributed by atoms with E-state index in [1.807, 2.05) is 25.1 Å². The number of nitrogens with zero attached hydrogens (tertiary/aromatic N) is 2. The monoisotopic (exact) mass is 253 g/mol. The highest BCUT2D eigenvalue weighted by Crippen LogP contribution is 2.24. The van der Waals surface area contributed by atoms with Gasteiger partial charge in [-0.2, -0.15) is 5.26 Å². The Balaban J connectivity index is 2.25. The summed E-state index contributed by atoms with van der Waals surface area (Å²) in [6, 6.07) is 12.7. The van der Waals surface area contributed by atoms with E-state index in [9.17, 15) is 0 Å². The maximum Gasteiger partial charge on any atom is 0.139 e. The van der Waals surface area contributed by atoms with Crippen molar-refractivity contribution in [2.45, 2.75) is 19.1 Å². The third-order valence-electron chi connectivity index (χ3n) is 2.74. The van der Waals surface area contributed by atoms with E-state index >= 15 is 0 Å². The molecule has 0 amide bonds. The minimum atomic E-state index is -0.267. The summed E-state index contributed by atoms with van der Waals surface area (Å²) < 4.78 is 5.90. The van der Waals surface area contributed by atoms with Crippen molar-refractivity contribution in [1.29, 1.82) is 5.26 Å². The summed E-state index contributed by atoms with van der Waals surface area (Å²) in [4.78, 5) is 3.98. The second-order valence-corrected chi connectivity index (χ2v) is 4.32. The van der Waals surface area contributed by atoms with E-state index in [-0.39, 0.29) is 12.1 Å². The van der Waals surface area contributed by atoms with Crippen molar-refractivity contribution in [3.63, 3.8) is 0 Å². The fourth-order valence-corrected chi connectivity index (χ4v) is 1.82. The molecule has 0 bridgehead atoms. The maximum absolute atomic E-state index is 8.88. The predicted octanol–water partition coefficient (Wildman–Crippen LogP) is 2.42. The van der Waals surface area contributed by atoms with Crippen LogP contribution in [-0.2, 0) is 0 Å². The molecule has 0 aliphatic carbocycles. The number of aromatic nitrogens is 1. The molecule has 2 aromatic rings. The summed E-state index contributed by atoms with van der Waals surface area (Å²) >= 11 is 0. The molecule has 0 saturated heterocycles. The summed E-state index contributed by atoms with van der Waals surface area (Å²) in [6.07, 6.45) is 3.15. The number of ether oxygens (including phenoxy) is 1. The van der Waals surface area contributed by atoms with Crippen molar-refractivity contribution < 1.29 is 4.74 Å². The second-order valence-electron chi connectivity index (χ2n) is 4.32. The molecule has 2 rings (SSSR count). The first-order valence-corrected chi connectivity index (χ1v) is 6.03. The number of benzene rings is 1. The van der Waals surface area contributed by atoms with Crippen LogP contribution >= 0.6 is 0 Å². The Kier molecular flexibility index (Phi) is 4.11. The molecular weight excluding hydrogens is 238 g/mol. The number of nitriles is 1. The van der Waals surface area contributed by atoms with E-state index in [4.69, 9.17) is 15.7 Å². The molecule has 1 heterocycles. The molecule has 4 nitrogen and oxygen atoms in total. The van der Waals surface area contributed by atoms with Crippen molar-refractivity contribution in [2.24, 2.45) is 5.73 Å². The molecule has 2 unspecified atom stereocenters. The summed E-state index contributed by atoms with van der Waals surface area (Å²) in [5.41, 5.74) is 7.51. The fourth-order valence-electron chi connectivity index (χ4n) is 1.82. The van der Waals surface area contributed by atoms with Crippen LogP contribution in [0.3, 0.4) is 0 Å². The molecule has 0 radical (unpaired) electrons. The van der Waals surface area contributed by atoms with Gasteiger partial charge < -0.3 is 10.5 Å². The highest BCUT2D eigenvalue weighted by Gasteiger charge is 2.18. The Morgan fingerprint density at radius 1 is 1.26 bits per heavy atom. The van der Waals surface area contributed by atoms with E-state index in [2.05, 4.69) is 11.1 Å². The topological polar surface area (TPSA) is 71.9 Å². The summed E-state index contributed by atoms with van der Waals surface area (Å²) in [7, 11) is 0. The van der Waals surface area contributed by atoms with Crippen LogP contribution < -0.4 is 10.5 Å². The standard InChI is InChI=1S/C15H15N3O/c1-11(17)15(13-5-7-18-8-6-13)19-14-4-2-3-12(9-14)10-16/h2-9,11,15H,17H2,1H3. The third kappa shape index (κ3) is 3.30. The molecule has 0 aliphatic heterocycles. The average molecular weight is 253 g/mol. The van der Waals surface area contributed by atoms with Gasteiger partial charge in [0.1, 0.15) is 11.9 Å². The molecule has 1 aromatic carbocycles. The van der Waals surface area contributed by atoms with Gasteiger partial charge in [-0.15, -0.1) is 0 Å². The van der Waals surface area contributed by atoms with Crippen molar-refractivity contribution in [3.05, 3.63) is 59.9 Å². The van der Waals surface area contributed by atoms with Gasteiger partial charge in [-0.25, -0.2) is 0 Å². The van der Waals surface area contributed by atoms with E-state index in [0.29, 0.717) is 11.3 Å². The first-order valence-electron chi connectivity index (χ1n) is 6.03. The van der Waals surface area contributed by atoms with Gasteiger partial charge in [-0.05, 0) is 42.8 Å². The van der Waals surface area contributed by atoms with Crippen LogP contribution in [0.2, 0.25) is 0 Å². The van der Waals surface area contributed by atoms with Crippen LogP contribution in [-0.4, -0.2) is 11.0 Å². The molecule has 0 aliphatic rings. The molecule has 2 N–H and O–H groups in total. The smallest absolute Gasteiger partial charge is 0.139 e. The summed E-state index contributed by atoms with van der Waals surface area (Å²) in [6.45, 7) is 1.89. The Hall–Kier alpha value is -2.38. The zero-order valence-electron chi connectivity index (χ0n) is 10.7. The maximum atomic E-state index is 8.88. The highest BCUT2D eigenvalue weighted by molar-refractivity contribution is 5.36. The number of hydrogen-bond donors (Lipinski definition) is 1. The zero-order chi connectivity index (χ0) is 13.7. The van der Waals surface area contributed by atoms with Gasteiger partial charge in [0.05, 0.1) is 11.6 Å². The Morgan fingerprint density at radius 3 is 2.63 bits per heavy atom. The minimum absolute atomic E-state index is 0.173. The SMILES string of the molecule is CC(N)C(Oc1cccc(C#N)c1)c1ccncc1. The lowest BCUT2D eigenvalue weighted by Crippen LogP contribution is -2.29. The van der Waals surface area contributed by atoms with E-state index < -0.39 is 0 Å². The van der Waals surface area contributed by atoms with Gasteiger partial charge in [-0.3, -0.25) is 4.98 Å². The third-order valence-corrected chi connectivity index (χ3v) is 2.74. The predicted molar refractivity (Wildman–Crippen MR) is 72.4 cm³/mol. The number of rotatable bonds is 4. The highest BCUT2D eigenvalue weighted by atomic mass is 16.5. The second kappa shape index (κ2) is 5.98. The van der Waals surface area contributed by atoms with Gasteiger partial charge in [0, 0.05) is 18.4 Å². The molecular formula is C15H15N3O. The van der Waals surface area contributed by atoms with Crippen LogP contribution in [0.4, 0.5) is 0 Å². The quantitative estimate of drug-likeness (QED) is 0.908. The van der Waals surface area contributed by atoms with Gasteiger partial charge in [-0.1, -0.05) is 6.07 Å². The summed E-state index contributed by atoms with van der Waals surface area (Å²) in [5, 5.41) is 8.88. The van der Waals surface area contributed by atoms with Crippen LogP contribution in [0.1, 0.15) is 24.2 Å². The first kappa shape index (κ1) is 13.1. The lowest BCUT2D eigenvalue weighted by molar-refractivity contribution is 0.180. The lowest BCUT2D eigenvalue weighted by Gasteiger charge is -2.22. The van der Waals surface area contributed by atoms with Crippen LogP contribution in [0.15, 0.2) is 48.8 Å². The average Bonchev–Trinajstić information content (AvgIpc) is 2.45. The van der Waals surface area contributed by atoms with Crippen molar-refractivity contribution in [2.75, 3.05) is 0 Å². The van der Waals surface area contributed by atoms with E-state index in [0.717, 1.165) is 5.56 Å². The lowest BCUT2D eigenvalue weighted by atomic mass is 10.1. The number of pyridine rings is 1. The Morgan fingerprint density at radius 2 is 2.00 bits per heavy atom. The molecule has 0 saturated carbocycles. The van der Waals surface area contributed by atoms with Crippen LogP contribution in [0, 0.1) is 11.3 Å². The van der Waals surface area contributed by atoms with Crippen LogP contribution in [0.5, 0.6) is 5.75 Å². The van der Waals surface area contributed by atoms with Crippen LogP contribution in [0.25, 0.3) is 0 Å². The van der Waals surface area contributed by atoms with Gasteiger partial charge in [0.2, 0.25) is 0 Å². The van der Waals surface area contributed by atoms with Gasteiger partial charge in [0.25, 0.3) is 0 Å². The fraction of sp³-hybridized carbons (Fsp3) is 0.200. The Labute approximate surface area is 112 Å². The van der Waals surface area contributed by atoms with Crippen molar-refractivity contribution in [1.82, 2.24) is 4.98 Å². The van der Waals surface area contributed by atoms with Crippen molar-refractivity contribution in [3.8, 4) is 11.8 Å². The normalized spacial score (nSPS) is 13.3. The largest absolute Gasteiger partial charge is 0.484 e.